The van der Waals surface area contributed by atoms with E-state index in [0.717, 1.165) is 12.8 Å². The first kappa shape index (κ1) is 10.7. The quantitative estimate of drug-likeness (QED) is 0.811. The average Bonchev–Trinajstić information content (AvgIpc) is 3.05. The zero-order chi connectivity index (χ0) is 12.2. The van der Waals surface area contributed by atoms with E-state index in [1.807, 2.05) is 0 Å². The fourth-order valence-corrected chi connectivity index (χ4v) is 2.20. The zero-order valence-corrected chi connectivity index (χ0v) is 10.2. The summed E-state index contributed by atoms with van der Waals surface area (Å²) in [5.74, 6) is -1.22. The number of hydrogen-bond donors (Lipinski definition) is 0. The molecule has 1 aliphatic carbocycles. The van der Waals surface area contributed by atoms with Crippen LogP contribution in [-0.2, 0) is 0 Å². The molecular weight excluding hydrogens is 293 g/mol. The lowest BCUT2D eigenvalue weighted by Gasteiger charge is -2.07. The third-order valence-corrected chi connectivity index (χ3v) is 3.41. The second-order valence-corrected chi connectivity index (χ2v) is 4.89. The molecule has 4 nitrogen and oxygen atoms in total. The number of aromatic nitrogens is 1. The van der Waals surface area contributed by atoms with Crippen molar-refractivity contribution in [2.45, 2.75) is 18.9 Å². The van der Waals surface area contributed by atoms with Gasteiger partial charge in [-0.3, -0.25) is 4.57 Å². The van der Waals surface area contributed by atoms with Gasteiger partial charge in [0.1, 0.15) is 5.82 Å². The summed E-state index contributed by atoms with van der Waals surface area (Å²) in [5, 5.41) is 0.213. The molecule has 6 heteroatoms. The molecule has 0 spiro atoms. The molecule has 0 bridgehead atoms. The highest BCUT2D eigenvalue weighted by Crippen LogP contribution is 2.35. The average molecular weight is 300 g/mol. The maximum absolute atomic E-state index is 13.5. The monoisotopic (exact) mass is 299 g/mol. The molecule has 0 saturated heterocycles. The second kappa shape index (κ2) is 3.53. The van der Waals surface area contributed by atoms with Crippen LogP contribution in [0.2, 0.25) is 0 Å². The van der Waals surface area contributed by atoms with E-state index < -0.39 is 17.2 Å². The highest BCUT2D eigenvalue weighted by molar-refractivity contribution is 9.10. The van der Waals surface area contributed by atoms with E-state index in [9.17, 15) is 14.0 Å². The van der Waals surface area contributed by atoms with E-state index in [0.29, 0.717) is 5.52 Å². The molecule has 0 atom stereocenters. The number of nitrogens with zero attached hydrogens (tertiary/aromatic N) is 1. The van der Waals surface area contributed by atoms with Crippen LogP contribution < -0.4 is 11.4 Å². The first-order valence-corrected chi connectivity index (χ1v) is 5.91. The van der Waals surface area contributed by atoms with Crippen LogP contribution >= 0.6 is 15.9 Å². The van der Waals surface area contributed by atoms with Gasteiger partial charge in [-0.25, -0.2) is 14.0 Å². The molecule has 17 heavy (non-hydrogen) atoms. The molecular formula is C11H7BrFNO3. The topological polar surface area (TPSA) is 52.2 Å². The van der Waals surface area contributed by atoms with Crippen molar-refractivity contribution in [1.29, 1.82) is 0 Å². The van der Waals surface area contributed by atoms with Crippen molar-refractivity contribution in [3.05, 3.63) is 43.4 Å². The number of halogens is 2. The molecule has 88 valence electrons. The Hall–Kier alpha value is -1.43. The van der Waals surface area contributed by atoms with Crippen molar-refractivity contribution < 1.29 is 8.81 Å². The van der Waals surface area contributed by atoms with Gasteiger partial charge in [0.15, 0.2) is 0 Å². The summed E-state index contributed by atoms with van der Waals surface area (Å²) < 4.78 is 19.6. The van der Waals surface area contributed by atoms with E-state index in [-0.39, 0.29) is 15.9 Å². The Labute approximate surface area is 103 Å². The lowest BCUT2D eigenvalue weighted by molar-refractivity contribution is 0.418. The van der Waals surface area contributed by atoms with Gasteiger partial charge in [0.2, 0.25) is 0 Å². The van der Waals surface area contributed by atoms with Gasteiger partial charge in [0.25, 0.3) is 0 Å². The SMILES string of the molecule is O=c1oc(=O)n(C2CC2)c2cc(F)c(Br)cc12. The van der Waals surface area contributed by atoms with E-state index in [1.165, 1.54) is 16.7 Å². The Morgan fingerprint density at radius 3 is 2.71 bits per heavy atom. The molecule has 2 aromatic rings. The minimum absolute atomic E-state index is 0.0231. The number of fused-ring (bicyclic) bond motifs is 1. The standard InChI is InChI=1S/C11H7BrFNO3/c12-7-3-6-9(4-8(7)13)14(5-1-2-5)11(16)17-10(6)15/h3-5H,1-2H2. The van der Waals surface area contributed by atoms with Gasteiger partial charge < -0.3 is 4.42 Å². The van der Waals surface area contributed by atoms with Crippen molar-refractivity contribution in [2.75, 3.05) is 0 Å². The maximum Gasteiger partial charge on any atom is 0.422 e. The summed E-state index contributed by atoms with van der Waals surface area (Å²) in [5.41, 5.74) is -0.433. The third kappa shape index (κ3) is 1.63. The fourth-order valence-electron chi connectivity index (χ4n) is 1.86. The summed E-state index contributed by atoms with van der Waals surface area (Å²) in [7, 11) is 0. The molecule has 1 heterocycles. The predicted octanol–water partition coefficient (Wildman–Crippen LogP) is 2.19. The van der Waals surface area contributed by atoms with E-state index in [4.69, 9.17) is 0 Å². The van der Waals surface area contributed by atoms with Crippen LogP contribution in [-0.4, -0.2) is 4.57 Å². The molecule has 0 radical (unpaired) electrons. The molecule has 1 aromatic carbocycles. The predicted molar refractivity (Wildman–Crippen MR) is 62.7 cm³/mol. The molecule has 0 amide bonds. The van der Waals surface area contributed by atoms with Crippen molar-refractivity contribution >= 4 is 26.8 Å². The summed E-state index contributed by atoms with van der Waals surface area (Å²) in [6.45, 7) is 0. The number of rotatable bonds is 1. The molecule has 1 saturated carbocycles. The minimum Gasteiger partial charge on any atom is -0.372 e. The Morgan fingerprint density at radius 1 is 1.35 bits per heavy atom. The van der Waals surface area contributed by atoms with Crippen molar-refractivity contribution in [3.63, 3.8) is 0 Å². The van der Waals surface area contributed by atoms with Crippen LogP contribution in [0, 0.1) is 5.82 Å². The maximum atomic E-state index is 13.5. The van der Waals surface area contributed by atoms with Crippen molar-refractivity contribution in [2.24, 2.45) is 0 Å². The zero-order valence-electron chi connectivity index (χ0n) is 8.57. The molecule has 1 fully saturated rings. The summed E-state index contributed by atoms with van der Waals surface area (Å²) >= 11 is 3.00. The van der Waals surface area contributed by atoms with Crippen LogP contribution in [0.1, 0.15) is 18.9 Å². The minimum atomic E-state index is -0.734. The third-order valence-electron chi connectivity index (χ3n) is 2.81. The first-order chi connectivity index (χ1) is 8.08. The molecule has 1 aromatic heterocycles. The van der Waals surface area contributed by atoms with E-state index in [1.54, 1.807) is 0 Å². The Morgan fingerprint density at radius 2 is 2.06 bits per heavy atom. The van der Waals surface area contributed by atoms with Crippen LogP contribution in [0.3, 0.4) is 0 Å². The summed E-state index contributed by atoms with van der Waals surface area (Å²) in [4.78, 5) is 23.1. The summed E-state index contributed by atoms with van der Waals surface area (Å²) in [6.07, 6.45) is 1.70. The molecule has 3 rings (SSSR count). The molecule has 1 aliphatic rings. The Balaban J connectivity index is 2.51. The van der Waals surface area contributed by atoms with Gasteiger partial charge in [0.05, 0.1) is 15.4 Å². The fraction of sp³-hybridized carbons (Fsp3) is 0.273. The normalized spacial score (nSPS) is 15.4. The highest BCUT2D eigenvalue weighted by Gasteiger charge is 2.28. The van der Waals surface area contributed by atoms with E-state index >= 15 is 0 Å². The molecule has 0 N–H and O–H groups in total. The Kier molecular flexibility index (Phi) is 2.22. The van der Waals surface area contributed by atoms with Gasteiger partial charge in [-0.15, -0.1) is 0 Å². The molecule has 0 aliphatic heterocycles. The van der Waals surface area contributed by atoms with Crippen LogP contribution in [0.4, 0.5) is 4.39 Å². The smallest absolute Gasteiger partial charge is 0.372 e. The van der Waals surface area contributed by atoms with E-state index in [2.05, 4.69) is 20.3 Å². The van der Waals surface area contributed by atoms with Gasteiger partial charge in [-0.1, -0.05) is 0 Å². The van der Waals surface area contributed by atoms with Gasteiger partial charge in [-0.2, -0.15) is 0 Å². The van der Waals surface area contributed by atoms with Gasteiger partial charge in [-0.05, 0) is 40.9 Å². The lowest BCUT2D eigenvalue weighted by atomic mass is 10.2. The van der Waals surface area contributed by atoms with Gasteiger partial charge >= 0.3 is 11.4 Å². The largest absolute Gasteiger partial charge is 0.422 e. The molecule has 0 unspecified atom stereocenters. The van der Waals surface area contributed by atoms with Crippen LogP contribution in [0.25, 0.3) is 10.9 Å². The number of benzene rings is 1. The summed E-state index contributed by atoms with van der Waals surface area (Å²) in [6, 6.07) is 2.56. The van der Waals surface area contributed by atoms with Crippen molar-refractivity contribution in [1.82, 2.24) is 4.57 Å². The first-order valence-electron chi connectivity index (χ1n) is 5.12. The van der Waals surface area contributed by atoms with Crippen molar-refractivity contribution in [3.8, 4) is 0 Å². The lowest BCUT2D eigenvalue weighted by Crippen LogP contribution is -2.24. The Bertz CT molecular complexity index is 730. The number of hydrogen-bond acceptors (Lipinski definition) is 3. The highest BCUT2D eigenvalue weighted by atomic mass is 79.9. The van der Waals surface area contributed by atoms with Crippen LogP contribution in [0.15, 0.2) is 30.6 Å². The van der Waals surface area contributed by atoms with Crippen LogP contribution in [0.5, 0.6) is 0 Å². The van der Waals surface area contributed by atoms with Gasteiger partial charge in [0, 0.05) is 6.04 Å². The second-order valence-electron chi connectivity index (χ2n) is 4.04.